The van der Waals surface area contributed by atoms with Gasteiger partial charge in [0.15, 0.2) is 0 Å². The Labute approximate surface area is 106 Å². The van der Waals surface area contributed by atoms with Crippen LogP contribution in [-0.2, 0) is 9.59 Å². The predicted octanol–water partition coefficient (Wildman–Crippen LogP) is 3.58. The van der Waals surface area contributed by atoms with E-state index < -0.39 is 0 Å². The molecule has 1 rings (SSSR count). The maximum atomic E-state index is 10.5. The van der Waals surface area contributed by atoms with Crippen LogP contribution in [-0.4, -0.2) is 12.2 Å². The molecule has 92 valence electrons. The molecule has 0 aromatic heterocycles. The molecule has 0 heterocycles. The molecule has 0 unspecified atom stereocenters. The number of aliphatic imine (C=N–C) groups is 2. The van der Waals surface area contributed by atoms with E-state index in [4.69, 9.17) is 0 Å². The number of isocyanates is 2. The van der Waals surface area contributed by atoms with Crippen molar-refractivity contribution in [1.29, 1.82) is 0 Å². The van der Waals surface area contributed by atoms with Gasteiger partial charge in [0.1, 0.15) is 0 Å². The van der Waals surface area contributed by atoms with Crippen LogP contribution in [0, 0.1) is 20.8 Å². The first-order valence-electron chi connectivity index (χ1n) is 5.41. The van der Waals surface area contributed by atoms with Crippen molar-refractivity contribution in [2.75, 3.05) is 0 Å². The van der Waals surface area contributed by atoms with Gasteiger partial charge in [-0.1, -0.05) is 6.58 Å². The Hall–Kier alpha value is -2.28. The average Bonchev–Trinajstić information content (AvgIpc) is 2.31. The van der Waals surface area contributed by atoms with Gasteiger partial charge in [-0.05, 0) is 50.0 Å². The van der Waals surface area contributed by atoms with Crippen molar-refractivity contribution in [1.82, 2.24) is 0 Å². The van der Waals surface area contributed by atoms with E-state index in [1.807, 2.05) is 27.7 Å². The molecule has 4 heteroatoms. The lowest BCUT2D eigenvalue weighted by Gasteiger charge is -2.16. The molecule has 0 aliphatic carbocycles. The Bertz CT molecular complexity index is 617. The smallest absolute Gasteiger partial charge is 0.211 e. The second-order valence-electron chi connectivity index (χ2n) is 4.13. The van der Waals surface area contributed by atoms with Crippen LogP contribution in [0.15, 0.2) is 16.6 Å². The second-order valence-corrected chi connectivity index (χ2v) is 4.13. The zero-order valence-electron chi connectivity index (χ0n) is 10.9. The molecular weight excluding hydrogens is 228 g/mol. The minimum Gasteiger partial charge on any atom is -0.211 e. The normalized spacial score (nSPS) is 9.33. The fourth-order valence-corrected chi connectivity index (χ4v) is 2.04. The summed E-state index contributed by atoms with van der Waals surface area (Å²) < 4.78 is 0. The third-order valence-corrected chi connectivity index (χ3v) is 2.98. The largest absolute Gasteiger partial charge is 0.240 e. The van der Waals surface area contributed by atoms with E-state index in [0.717, 1.165) is 27.8 Å². The summed E-state index contributed by atoms with van der Waals surface area (Å²) in [5.41, 5.74) is 4.94. The average molecular weight is 242 g/mol. The highest BCUT2D eigenvalue weighted by Crippen LogP contribution is 2.40. The minimum atomic E-state index is 0.539. The van der Waals surface area contributed by atoms with E-state index in [1.54, 1.807) is 12.2 Å². The van der Waals surface area contributed by atoms with Gasteiger partial charge in [0.25, 0.3) is 0 Å². The van der Waals surface area contributed by atoms with E-state index in [-0.39, 0.29) is 0 Å². The summed E-state index contributed by atoms with van der Waals surface area (Å²) in [6, 6.07) is 0. The summed E-state index contributed by atoms with van der Waals surface area (Å²) in [6.07, 6.45) is 3.10. The molecule has 0 aliphatic rings. The first kappa shape index (κ1) is 13.8. The molecule has 0 amide bonds. The Kier molecular flexibility index (Phi) is 4.11. The standard InChI is InChI=1S/C14H14N2O2/c1-8(2)12-11(5)13(15-6-17)9(3)10(4)14(12)16-7-18/h1H2,2-5H3. The van der Waals surface area contributed by atoms with Gasteiger partial charge in [-0.25, -0.2) is 9.59 Å². The Morgan fingerprint density at radius 2 is 1.39 bits per heavy atom. The second kappa shape index (κ2) is 5.37. The molecule has 0 spiro atoms. The van der Waals surface area contributed by atoms with Crippen LogP contribution in [0.1, 0.15) is 29.2 Å². The topological polar surface area (TPSA) is 58.9 Å². The first-order valence-corrected chi connectivity index (χ1v) is 5.41. The van der Waals surface area contributed by atoms with Gasteiger partial charge in [0.05, 0.1) is 11.4 Å². The first-order chi connectivity index (χ1) is 8.45. The molecular formula is C14H14N2O2. The van der Waals surface area contributed by atoms with Crippen molar-refractivity contribution in [3.63, 3.8) is 0 Å². The highest BCUT2D eigenvalue weighted by Gasteiger charge is 2.17. The van der Waals surface area contributed by atoms with E-state index in [2.05, 4.69) is 16.6 Å². The van der Waals surface area contributed by atoms with Crippen molar-refractivity contribution in [2.24, 2.45) is 9.98 Å². The zero-order valence-corrected chi connectivity index (χ0v) is 10.9. The summed E-state index contributed by atoms with van der Waals surface area (Å²) in [5.74, 6) is 0. The van der Waals surface area contributed by atoms with Gasteiger partial charge < -0.3 is 0 Å². The SMILES string of the molecule is C=C(C)c1c(C)c(N=C=O)c(C)c(C)c1N=C=O. The molecule has 0 N–H and O–H groups in total. The van der Waals surface area contributed by atoms with E-state index in [0.29, 0.717) is 11.4 Å². The fraction of sp³-hybridized carbons (Fsp3) is 0.286. The summed E-state index contributed by atoms with van der Waals surface area (Å²) in [4.78, 5) is 28.5. The minimum absolute atomic E-state index is 0.539. The molecule has 0 fully saturated rings. The molecule has 0 saturated carbocycles. The van der Waals surface area contributed by atoms with E-state index in [9.17, 15) is 9.59 Å². The van der Waals surface area contributed by atoms with Gasteiger partial charge in [0.2, 0.25) is 12.2 Å². The molecule has 4 nitrogen and oxygen atoms in total. The third kappa shape index (κ3) is 2.21. The van der Waals surface area contributed by atoms with Gasteiger partial charge in [-0.3, -0.25) is 0 Å². The third-order valence-electron chi connectivity index (χ3n) is 2.98. The molecule has 0 atom stereocenters. The van der Waals surface area contributed by atoms with Crippen molar-refractivity contribution in [2.45, 2.75) is 27.7 Å². The predicted molar refractivity (Wildman–Crippen MR) is 70.9 cm³/mol. The Morgan fingerprint density at radius 3 is 1.83 bits per heavy atom. The molecule has 18 heavy (non-hydrogen) atoms. The van der Waals surface area contributed by atoms with Crippen LogP contribution in [0.3, 0.4) is 0 Å². The number of hydrogen-bond donors (Lipinski definition) is 0. The van der Waals surface area contributed by atoms with Crippen LogP contribution in [0.25, 0.3) is 5.57 Å². The van der Waals surface area contributed by atoms with Crippen molar-refractivity contribution < 1.29 is 9.59 Å². The highest BCUT2D eigenvalue weighted by atomic mass is 16.1. The zero-order chi connectivity index (χ0) is 13.9. The van der Waals surface area contributed by atoms with Crippen LogP contribution >= 0.6 is 0 Å². The summed E-state index contributed by atoms with van der Waals surface area (Å²) in [5, 5.41) is 0. The molecule has 0 bridgehead atoms. The number of benzene rings is 1. The van der Waals surface area contributed by atoms with E-state index in [1.165, 1.54) is 0 Å². The van der Waals surface area contributed by atoms with Crippen LogP contribution in [0.4, 0.5) is 11.4 Å². The van der Waals surface area contributed by atoms with E-state index >= 15 is 0 Å². The number of rotatable bonds is 3. The monoisotopic (exact) mass is 242 g/mol. The quantitative estimate of drug-likeness (QED) is 0.600. The number of carbonyl (C=O) groups excluding carboxylic acids is 2. The number of hydrogen-bond acceptors (Lipinski definition) is 4. The van der Waals surface area contributed by atoms with Gasteiger partial charge >= 0.3 is 0 Å². The molecule has 0 saturated heterocycles. The van der Waals surface area contributed by atoms with Gasteiger partial charge in [0, 0.05) is 5.56 Å². The van der Waals surface area contributed by atoms with Crippen LogP contribution in [0.2, 0.25) is 0 Å². The summed E-state index contributed by atoms with van der Waals surface area (Å²) >= 11 is 0. The van der Waals surface area contributed by atoms with Crippen LogP contribution in [0.5, 0.6) is 0 Å². The lowest BCUT2D eigenvalue weighted by atomic mass is 9.92. The number of nitrogens with zero attached hydrogens (tertiary/aromatic N) is 2. The lowest BCUT2D eigenvalue weighted by molar-refractivity contribution is 0.564. The molecule has 1 aromatic rings. The van der Waals surface area contributed by atoms with Crippen molar-refractivity contribution >= 4 is 29.1 Å². The van der Waals surface area contributed by atoms with Gasteiger partial charge in [-0.2, -0.15) is 9.98 Å². The van der Waals surface area contributed by atoms with Crippen molar-refractivity contribution in [3.8, 4) is 0 Å². The molecule has 1 aromatic carbocycles. The fourth-order valence-electron chi connectivity index (χ4n) is 2.04. The summed E-state index contributed by atoms with van der Waals surface area (Å²) in [6.45, 7) is 11.1. The summed E-state index contributed by atoms with van der Waals surface area (Å²) in [7, 11) is 0. The number of allylic oxidation sites excluding steroid dienone is 1. The lowest BCUT2D eigenvalue weighted by Crippen LogP contribution is -1.94. The highest BCUT2D eigenvalue weighted by molar-refractivity contribution is 5.84. The van der Waals surface area contributed by atoms with Crippen molar-refractivity contribution in [3.05, 3.63) is 28.8 Å². The van der Waals surface area contributed by atoms with Crippen LogP contribution < -0.4 is 0 Å². The Morgan fingerprint density at radius 1 is 0.944 bits per heavy atom. The van der Waals surface area contributed by atoms with Gasteiger partial charge in [-0.15, -0.1) is 0 Å². The maximum Gasteiger partial charge on any atom is 0.240 e. The Balaban J connectivity index is 3.92. The maximum absolute atomic E-state index is 10.5. The molecule has 0 radical (unpaired) electrons. The molecule has 0 aliphatic heterocycles.